The van der Waals surface area contributed by atoms with Crippen LogP contribution < -0.4 is 4.90 Å². The summed E-state index contributed by atoms with van der Waals surface area (Å²) in [5, 5.41) is 9.66. The molecule has 5 atom stereocenters. The first-order valence-corrected chi connectivity index (χ1v) is 9.70. The van der Waals surface area contributed by atoms with Gasteiger partial charge < -0.3 is 10.0 Å². The standard InChI is InChI=1S/C22H25NO2/c1-2-5-20-17-9-4-8-16(17)19-11-14(22(24)25)10-18-15-7-3-6-13(15)12-23(20)21(18)19/h3-4,7-8,10-11,13,15-17,20H,2,5-6,9,12H2,1H3,(H,24,25)/t13-,15+,16+,17-,20-/m1/s1. The molecule has 25 heavy (non-hydrogen) atoms. The Balaban J connectivity index is 1.74. The number of fused-ring (bicyclic) bond motifs is 4. The molecule has 4 aliphatic rings. The first-order chi connectivity index (χ1) is 12.2. The van der Waals surface area contributed by atoms with E-state index in [0.29, 0.717) is 35.3 Å². The van der Waals surface area contributed by atoms with Crippen molar-refractivity contribution in [3.8, 4) is 0 Å². The van der Waals surface area contributed by atoms with E-state index >= 15 is 0 Å². The molecule has 0 aromatic heterocycles. The van der Waals surface area contributed by atoms with Crippen molar-refractivity contribution in [2.24, 2.45) is 11.8 Å². The van der Waals surface area contributed by atoms with E-state index in [1.54, 1.807) is 0 Å². The molecule has 5 rings (SSSR count). The van der Waals surface area contributed by atoms with Crippen LogP contribution in [0.5, 0.6) is 0 Å². The lowest BCUT2D eigenvalue weighted by atomic mass is 9.71. The molecule has 1 N–H and O–H groups in total. The number of carboxylic acid groups (broad SMARTS) is 1. The number of allylic oxidation sites excluding steroid dienone is 4. The molecule has 3 nitrogen and oxygen atoms in total. The molecule has 2 heterocycles. The fourth-order valence-electron chi connectivity index (χ4n) is 5.84. The van der Waals surface area contributed by atoms with Crippen LogP contribution in [0.3, 0.4) is 0 Å². The van der Waals surface area contributed by atoms with Crippen LogP contribution in [0.25, 0.3) is 0 Å². The molecule has 0 radical (unpaired) electrons. The lowest BCUT2D eigenvalue weighted by Crippen LogP contribution is -2.51. The number of carbonyl (C=O) groups is 1. The molecule has 0 saturated carbocycles. The fourth-order valence-corrected chi connectivity index (χ4v) is 5.84. The number of anilines is 1. The van der Waals surface area contributed by atoms with Crippen molar-refractivity contribution < 1.29 is 9.90 Å². The molecule has 1 aromatic rings. The number of hydrogen-bond acceptors (Lipinski definition) is 2. The van der Waals surface area contributed by atoms with Crippen molar-refractivity contribution in [1.82, 2.24) is 0 Å². The van der Waals surface area contributed by atoms with E-state index in [0.717, 1.165) is 19.4 Å². The second-order valence-electron chi connectivity index (χ2n) is 8.12. The van der Waals surface area contributed by atoms with E-state index in [2.05, 4.69) is 36.1 Å². The number of aromatic carboxylic acids is 1. The van der Waals surface area contributed by atoms with Crippen LogP contribution in [-0.2, 0) is 0 Å². The second-order valence-corrected chi connectivity index (χ2v) is 8.12. The predicted octanol–water partition coefficient (Wildman–Crippen LogP) is 4.71. The third-order valence-electron chi connectivity index (χ3n) is 6.83. The molecule has 2 aliphatic heterocycles. The molecule has 3 heteroatoms. The van der Waals surface area contributed by atoms with Gasteiger partial charge in [0.15, 0.2) is 0 Å². The van der Waals surface area contributed by atoms with Crippen molar-refractivity contribution in [2.75, 3.05) is 11.4 Å². The average molecular weight is 335 g/mol. The van der Waals surface area contributed by atoms with Gasteiger partial charge in [-0.3, -0.25) is 0 Å². The molecular formula is C22H25NO2. The van der Waals surface area contributed by atoms with E-state index in [4.69, 9.17) is 0 Å². The molecule has 130 valence electrons. The van der Waals surface area contributed by atoms with Crippen molar-refractivity contribution in [3.63, 3.8) is 0 Å². The summed E-state index contributed by atoms with van der Waals surface area (Å²) in [5.74, 6) is 1.20. The molecule has 2 aliphatic carbocycles. The highest BCUT2D eigenvalue weighted by Gasteiger charge is 2.47. The Bertz CT molecular complexity index is 776. The van der Waals surface area contributed by atoms with Crippen LogP contribution >= 0.6 is 0 Å². The molecule has 0 amide bonds. The van der Waals surface area contributed by atoms with Gasteiger partial charge in [0.2, 0.25) is 0 Å². The highest BCUT2D eigenvalue weighted by atomic mass is 16.4. The zero-order valence-corrected chi connectivity index (χ0v) is 14.7. The third kappa shape index (κ3) is 2.08. The SMILES string of the molecule is CCC[C@@H]1[C@@H]2CC=C[C@@H]2c2cc(C(=O)O)cc3c2N1C[C@H]1CC=C[C@H]31. The summed E-state index contributed by atoms with van der Waals surface area (Å²) in [6, 6.07) is 4.51. The van der Waals surface area contributed by atoms with E-state index in [9.17, 15) is 9.90 Å². The minimum absolute atomic E-state index is 0.391. The number of nitrogens with zero attached hydrogens (tertiary/aromatic N) is 1. The Morgan fingerprint density at radius 3 is 2.64 bits per heavy atom. The van der Waals surface area contributed by atoms with Gasteiger partial charge in [0.05, 0.1) is 5.56 Å². The Kier molecular flexibility index (Phi) is 3.34. The zero-order chi connectivity index (χ0) is 17.1. The second kappa shape index (κ2) is 5.48. The minimum atomic E-state index is -0.802. The van der Waals surface area contributed by atoms with Crippen molar-refractivity contribution >= 4 is 11.7 Å². The average Bonchev–Trinajstić information content (AvgIpc) is 3.26. The van der Waals surface area contributed by atoms with Gasteiger partial charge in [-0.15, -0.1) is 0 Å². The van der Waals surface area contributed by atoms with Gasteiger partial charge in [-0.25, -0.2) is 4.79 Å². The van der Waals surface area contributed by atoms with Crippen molar-refractivity contribution in [1.29, 1.82) is 0 Å². The molecule has 0 saturated heterocycles. The highest BCUT2D eigenvalue weighted by Crippen LogP contribution is 2.55. The van der Waals surface area contributed by atoms with Crippen LogP contribution in [-0.4, -0.2) is 23.7 Å². The number of benzene rings is 1. The smallest absolute Gasteiger partial charge is 0.335 e. The van der Waals surface area contributed by atoms with Gasteiger partial charge in [-0.1, -0.05) is 37.6 Å². The summed E-state index contributed by atoms with van der Waals surface area (Å²) >= 11 is 0. The highest BCUT2D eigenvalue weighted by molar-refractivity contribution is 5.90. The zero-order valence-electron chi connectivity index (χ0n) is 14.7. The Morgan fingerprint density at radius 1 is 1.16 bits per heavy atom. The lowest BCUT2D eigenvalue weighted by molar-refractivity contribution is 0.0696. The molecule has 0 fully saturated rings. The Hall–Kier alpha value is -2.03. The monoisotopic (exact) mass is 335 g/mol. The van der Waals surface area contributed by atoms with E-state index in [-0.39, 0.29) is 0 Å². The van der Waals surface area contributed by atoms with E-state index in [1.807, 2.05) is 12.1 Å². The van der Waals surface area contributed by atoms with Gasteiger partial charge >= 0.3 is 5.97 Å². The first-order valence-electron chi connectivity index (χ1n) is 9.70. The summed E-state index contributed by atoms with van der Waals surface area (Å²) in [5.41, 5.74) is 4.35. The third-order valence-corrected chi connectivity index (χ3v) is 6.83. The topological polar surface area (TPSA) is 40.5 Å². The molecule has 0 unspecified atom stereocenters. The Labute approximate surface area is 149 Å². The Morgan fingerprint density at radius 2 is 1.88 bits per heavy atom. The van der Waals surface area contributed by atoms with Crippen LogP contribution in [0.4, 0.5) is 5.69 Å². The summed E-state index contributed by atoms with van der Waals surface area (Å²) in [6.07, 6.45) is 13.9. The van der Waals surface area contributed by atoms with Gasteiger partial charge in [-0.2, -0.15) is 0 Å². The van der Waals surface area contributed by atoms with Gasteiger partial charge in [0, 0.05) is 30.1 Å². The molecule has 0 spiro atoms. The van der Waals surface area contributed by atoms with E-state index < -0.39 is 5.97 Å². The van der Waals surface area contributed by atoms with Crippen LogP contribution in [0.1, 0.15) is 65.9 Å². The van der Waals surface area contributed by atoms with Gasteiger partial charge in [0.25, 0.3) is 0 Å². The predicted molar refractivity (Wildman–Crippen MR) is 99.4 cm³/mol. The summed E-state index contributed by atoms with van der Waals surface area (Å²) in [6.45, 7) is 3.41. The summed E-state index contributed by atoms with van der Waals surface area (Å²) < 4.78 is 0. The van der Waals surface area contributed by atoms with Crippen LogP contribution in [0, 0.1) is 11.8 Å². The van der Waals surface area contributed by atoms with E-state index in [1.165, 1.54) is 29.7 Å². The van der Waals surface area contributed by atoms with Crippen LogP contribution in [0.15, 0.2) is 36.4 Å². The van der Waals surface area contributed by atoms with Gasteiger partial charge in [-0.05, 0) is 54.4 Å². The number of rotatable bonds is 3. The summed E-state index contributed by atoms with van der Waals surface area (Å²) in [4.78, 5) is 14.4. The fraction of sp³-hybridized carbons (Fsp3) is 0.500. The first kappa shape index (κ1) is 15.2. The lowest BCUT2D eigenvalue weighted by Gasteiger charge is -2.51. The quantitative estimate of drug-likeness (QED) is 0.814. The maximum atomic E-state index is 11.8. The summed E-state index contributed by atoms with van der Waals surface area (Å²) in [7, 11) is 0. The van der Waals surface area contributed by atoms with Crippen molar-refractivity contribution in [3.05, 3.63) is 53.1 Å². The normalized spacial score (nSPS) is 34.0. The maximum Gasteiger partial charge on any atom is 0.335 e. The number of carboxylic acids is 1. The maximum absolute atomic E-state index is 11.8. The van der Waals surface area contributed by atoms with Crippen LogP contribution in [0.2, 0.25) is 0 Å². The van der Waals surface area contributed by atoms with Crippen molar-refractivity contribution in [2.45, 2.75) is 50.5 Å². The molecular weight excluding hydrogens is 310 g/mol. The number of hydrogen-bond donors (Lipinski definition) is 1. The molecule has 1 aromatic carbocycles. The van der Waals surface area contributed by atoms with Gasteiger partial charge in [0.1, 0.15) is 0 Å². The largest absolute Gasteiger partial charge is 0.478 e. The minimum Gasteiger partial charge on any atom is -0.478 e. The molecule has 0 bridgehead atoms.